The minimum atomic E-state index is -0.823. The Bertz CT molecular complexity index is 4270. The molecule has 0 spiro atoms. The first-order valence-electron chi connectivity index (χ1n) is 51.0. The molecule has 672 valence electrons. The minimum absolute atomic E-state index is 0.244. The number of rotatable bonds is 69. The lowest BCUT2D eigenvalue weighted by atomic mass is 9.81. The van der Waals surface area contributed by atoms with Crippen molar-refractivity contribution in [3.8, 4) is 61.6 Å². The van der Waals surface area contributed by atoms with Crippen molar-refractivity contribution in [2.75, 3.05) is 0 Å². The van der Waals surface area contributed by atoms with Gasteiger partial charge in [-0.1, -0.05) is 388 Å². The van der Waals surface area contributed by atoms with Crippen LogP contribution in [0.15, 0.2) is 36.4 Å². The number of thiophene rings is 6. The van der Waals surface area contributed by atoms with Gasteiger partial charge in [-0.05, 0) is 143 Å². The van der Waals surface area contributed by atoms with Crippen LogP contribution in [-0.4, -0.2) is 8.75 Å². The second-order valence-corrected chi connectivity index (χ2v) is 44.8. The van der Waals surface area contributed by atoms with Crippen LogP contribution in [0.5, 0.6) is 11.5 Å². The van der Waals surface area contributed by atoms with Gasteiger partial charge in [-0.3, -0.25) is 0 Å². The van der Waals surface area contributed by atoms with E-state index in [2.05, 4.69) is 91.8 Å². The smallest absolute Gasteiger partial charge is 0.170 e. The summed E-state index contributed by atoms with van der Waals surface area (Å²) in [6, 6.07) is 14.3. The molecular formula is C108H162F2N2O2S7. The van der Waals surface area contributed by atoms with Crippen LogP contribution in [0.2, 0.25) is 0 Å². The maximum absolute atomic E-state index is 18.8. The van der Waals surface area contributed by atoms with Crippen LogP contribution in [0.25, 0.3) is 81.3 Å². The normalized spacial score (nSPS) is 13.5. The zero-order valence-corrected chi connectivity index (χ0v) is 83.2. The van der Waals surface area contributed by atoms with Gasteiger partial charge in [-0.2, -0.15) is 8.75 Å². The van der Waals surface area contributed by atoms with Gasteiger partial charge in [0.1, 0.15) is 33.7 Å². The number of hydrogen-bond acceptors (Lipinski definition) is 11. The number of aryl methyl sites for hydroxylation is 4. The van der Waals surface area contributed by atoms with E-state index in [0.717, 1.165) is 130 Å². The van der Waals surface area contributed by atoms with E-state index in [9.17, 15) is 0 Å². The molecule has 7 aromatic heterocycles. The first-order chi connectivity index (χ1) is 59.5. The summed E-state index contributed by atoms with van der Waals surface area (Å²) in [5.41, 5.74) is 5.67. The molecule has 9 aromatic rings. The fourth-order valence-electron chi connectivity index (χ4n) is 20.2. The molecule has 0 amide bonds. The van der Waals surface area contributed by atoms with Crippen LogP contribution in [0, 0.1) is 25.5 Å². The van der Waals surface area contributed by atoms with Gasteiger partial charge in [0.15, 0.2) is 11.6 Å². The van der Waals surface area contributed by atoms with Crippen LogP contribution >= 0.6 is 79.7 Å². The van der Waals surface area contributed by atoms with Gasteiger partial charge in [0.25, 0.3) is 0 Å². The van der Waals surface area contributed by atoms with Crippen LogP contribution in [0.3, 0.4) is 0 Å². The number of benzene rings is 2. The molecule has 9 heterocycles. The average Bonchev–Trinajstić information content (AvgIpc) is 1.57. The van der Waals surface area contributed by atoms with E-state index in [4.69, 9.17) is 18.2 Å². The van der Waals surface area contributed by atoms with Crippen LogP contribution in [0.1, 0.15) is 484 Å². The largest absolute Gasteiger partial charge is 0.481 e. The predicted molar refractivity (Wildman–Crippen MR) is 538 cm³/mol. The standard InChI is InChI=1S/C108H162F2N2O2S7/c1-9-15-21-27-33-39-45-51-57-63-69-83-85-75-81(7)115-101(85)84(70-64-58-52-46-40-34-28-22-16-10-2)86-77-91(117-102(83)86)92-80-90-106(118-92)104-88(108(114-90,73-67-61-55-49-43-37-31-25-19-13-5)74-68-62-56-50-44-38-32-26-20-14-6)79-94(120-104)96-98(110)97(109)95(99-100(96)112-121-111-99)93-78-87-103(119-93)105-89(76-82(8)116-105)113-107(87,71-65-59-53-47-41-35-29-23-17-11-3)72-66-60-54-48-42-36-30-24-18-12-4/h75-80H,9-74H2,1-8H3. The molecule has 0 saturated carbocycles. The molecule has 0 aliphatic carbocycles. The highest BCUT2D eigenvalue weighted by Gasteiger charge is 2.46. The van der Waals surface area contributed by atoms with E-state index in [1.165, 1.54) is 397 Å². The average molecular weight is 1780 g/mol. The number of halogens is 2. The summed E-state index contributed by atoms with van der Waals surface area (Å²) < 4.78 is 66.2. The second kappa shape index (κ2) is 54.0. The van der Waals surface area contributed by atoms with Crippen molar-refractivity contribution in [1.29, 1.82) is 0 Å². The van der Waals surface area contributed by atoms with Crippen LogP contribution < -0.4 is 9.47 Å². The molecule has 2 aliphatic heterocycles. The summed E-state index contributed by atoms with van der Waals surface area (Å²) in [6.07, 6.45) is 83.4. The molecule has 11 rings (SSSR count). The fraction of sp³-hybridized carbons (Fsp3) is 0.704. The zero-order valence-electron chi connectivity index (χ0n) is 77.5. The number of ether oxygens (including phenoxy) is 2. The highest BCUT2D eigenvalue weighted by molar-refractivity contribution is 7.29. The third kappa shape index (κ3) is 28.2. The van der Waals surface area contributed by atoms with E-state index < -0.39 is 22.8 Å². The van der Waals surface area contributed by atoms with Crippen molar-refractivity contribution in [3.63, 3.8) is 0 Å². The van der Waals surface area contributed by atoms with E-state index in [-0.39, 0.29) is 11.1 Å². The van der Waals surface area contributed by atoms with Crippen molar-refractivity contribution >= 4 is 111 Å². The molecule has 0 saturated heterocycles. The summed E-state index contributed by atoms with van der Waals surface area (Å²) in [4.78, 5) is 11.2. The number of hydrogen-bond donors (Lipinski definition) is 0. The Kier molecular flexibility index (Phi) is 43.8. The molecule has 2 aliphatic rings. The number of aromatic nitrogens is 2. The second-order valence-electron chi connectivity index (χ2n) is 37.6. The number of unbranched alkanes of at least 4 members (excludes halogenated alkanes) is 54. The summed E-state index contributed by atoms with van der Waals surface area (Å²) in [5.74, 6) is 0.285. The van der Waals surface area contributed by atoms with E-state index in [1.54, 1.807) is 45.1 Å². The molecule has 121 heavy (non-hydrogen) atoms. The van der Waals surface area contributed by atoms with Gasteiger partial charge < -0.3 is 9.47 Å². The summed E-state index contributed by atoms with van der Waals surface area (Å²) >= 11 is 12.1. The molecule has 0 atom stereocenters. The Balaban J connectivity index is 0.965. The Morgan fingerprint density at radius 2 is 0.545 bits per heavy atom. The quantitative estimate of drug-likeness (QED) is 0.0356. The molecule has 0 bridgehead atoms. The Labute approximate surface area is 763 Å². The molecule has 0 unspecified atom stereocenters. The van der Waals surface area contributed by atoms with Crippen molar-refractivity contribution in [2.45, 2.75) is 490 Å². The number of nitrogens with zero attached hydrogens (tertiary/aromatic N) is 2. The third-order valence-corrected chi connectivity index (χ3v) is 35.2. The van der Waals surface area contributed by atoms with E-state index >= 15 is 8.78 Å². The molecule has 0 radical (unpaired) electrons. The zero-order chi connectivity index (χ0) is 84.7. The monoisotopic (exact) mass is 1780 g/mol. The SMILES string of the molecule is CCCCCCCCCCCCc1c2cc(-c3cc4c(s3)-c3sc(-c5c(F)c(F)c(-c6cc7c(s6)-c6sc(C)cc6OC7(CCCCCCCCCCCC)CCCCCCCCCCCC)c6nsnc56)cc3C(CCCCCCCCCCCC)(CCCCCCCCCCCC)O4)sc2c(CCCCCCCCCCCC)c2cc(C)sc12. The van der Waals surface area contributed by atoms with E-state index in [0.29, 0.717) is 11.0 Å². The van der Waals surface area contributed by atoms with Gasteiger partial charge in [-0.15, -0.1) is 68.0 Å². The van der Waals surface area contributed by atoms with Crippen LogP contribution in [-0.2, 0) is 24.0 Å². The van der Waals surface area contributed by atoms with E-state index in [1.807, 2.05) is 34.0 Å². The Hall–Kier alpha value is -3.56. The molecule has 2 aromatic carbocycles. The van der Waals surface area contributed by atoms with Gasteiger partial charge in [0.05, 0.1) is 42.4 Å². The molecule has 0 N–H and O–H groups in total. The Morgan fingerprint density at radius 1 is 0.273 bits per heavy atom. The maximum atomic E-state index is 18.8. The maximum Gasteiger partial charge on any atom is 0.170 e. The first kappa shape index (κ1) is 98.0. The lowest BCUT2D eigenvalue weighted by molar-refractivity contribution is 0.0395. The molecular weight excluding hydrogens is 1620 g/mol. The van der Waals surface area contributed by atoms with Crippen molar-refractivity contribution < 1.29 is 18.3 Å². The van der Waals surface area contributed by atoms with Crippen molar-refractivity contribution in [3.05, 3.63) is 80.0 Å². The van der Waals surface area contributed by atoms with Gasteiger partial charge >= 0.3 is 0 Å². The first-order valence-corrected chi connectivity index (χ1v) is 56.7. The topological polar surface area (TPSA) is 44.2 Å². The fourth-order valence-corrected chi connectivity index (χ4v) is 28.2. The summed E-state index contributed by atoms with van der Waals surface area (Å²) in [7, 11) is 0. The van der Waals surface area contributed by atoms with Gasteiger partial charge in [-0.25, -0.2) is 8.78 Å². The summed E-state index contributed by atoms with van der Waals surface area (Å²) in [5, 5.41) is 2.99. The molecule has 13 heteroatoms. The predicted octanol–water partition coefficient (Wildman–Crippen LogP) is 40.9. The lowest BCUT2D eigenvalue weighted by Crippen LogP contribution is -2.35. The van der Waals surface area contributed by atoms with Gasteiger partial charge in [0, 0.05) is 55.9 Å². The molecule has 0 fully saturated rings. The van der Waals surface area contributed by atoms with Crippen molar-refractivity contribution in [2.24, 2.45) is 0 Å². The number of fused-ring (bicyclic) bond motifs is 9. The summed E-state index contributed by atoms with van der Waals surface area (Å²) in [6.45, 7) is 18.4. The Morgan fingerprint density at radius 3 is 0.893 bits per heavy atom. The third-order valence-electron chi connectivity index (χ3n) is 27.4. The van der Waals surface area contributed by atoms with Crippen molar-refractivity contribution in [1.82, 2.24) is 8.75 Å². The lowest BCUT2D eigenvalue weighted by Gasteiger charge is -2.38. The molecule has 4 nitrogen and oxygen atoms in total. The van der Waals surface area contributed by atoms with Gasteiger partial charge in [0.2, 0.25) is 0 Å². The van der Waals surface area contributed by atoms with Crippen LogP contribution in [0.4, 0.5) is 8.78 Å². The highest BCUT2D eigenvalue weighted by atomic mass is 32.1. The highest BCUT2D eigenvalue weighted by Crippen LogP contribution is 2.62. The minimum Gasteiger partial charge on any atom is -0.481 e.